The molecule has 182 valence electrons. The summed E-state index contributed by atoms with van der Waals surface area (Å²) in [7, 11) is 1.33. The fourth-order valence-electron chi connectivity index (χ4n) is 4.85. The van der Waals surface area contributed by atoms with Crippen LogP contribution in [0, 0.1) is 13.8 Å². The van der Waals surface area contributed by atoms with Gasteiger partial charge in [-0.25, -0.2) is 4.79 Å². The first-order valence-electron chi connectivity index (χ1n) is 11.8. The minimum Gasteiger partial charge on any atom is -0.465 e. The Bertz CT molecular complexity index is 1350. The van der Waals surface area contributed by atoms with Crippen LogP contribution in [0.1, 0.15) is 49.2 Å². The predicted octanol–water partition coefficient (Wildman–Crippen LogP) is 3.07. The maximum Gasteiger partial charge on any atom is 0.337 e. The summed E-state index contributed by atoms with van der Waals surface area (Å²) < 4.78 is 16.3. The van der Waals surface area contributed by atoms with E-state index in [0.717, 1.165) is 29.8 Å². The second-order valence-corrected chi connectivity index (χ2v) is 9.08. The highest BCUT2D eigenvalue weighted by Crippen LogP contribution is 2.38. The van der Waals surface area contributed by atoms with E-state index in [2.05, 4.69) is 4.90 Å². The molecular formula is C27H28N2O6. The van der Waals surface area contributed by atoms with Gasteiger partial charge in [-0.1, -0.05) is 12.1 Å². The molecule has 1 amide bonds. The van der Waals surface area contributed by atoms with Gasteiger partial charge in [0.05, 0.1) is 42.9 Å². The summed E-state index contributed by atoms with van der Waals surface area (Å²) in [6, 6.07) is 9.88. The first-order valence-corrected chi connectivity index (χ1v) is 11.8. The van der Waals surface area contributed by atoms with Crippen LogP contribution in [-0.4, -0.2) is 68.2 Å². The van der Waals surface area contributed by atoms with Gasteiger partial charge in [0.2, 0.25) is 5.76 Å². The molecule has 5 rings (SSSR count). The average molecular weight is 477 g/mol. The van der Waals surface area contributed by atoms with Crippen LogP contribution in [0.25, 0.3) is 11.0 Å². The van der Waals surface area contributed by atoms with Crippen molar-refractivity contribution < 1.29 is 23.5 Å². The molecule has 1 aromatic heterocycles. The van der Waals surface area contributed by atoms with Gasteiger partial charge < -0.3 is 18.8 Å². The Hall–Kier alpha value is -3.49. The van der Waals surface area contributed by atoms with Crippen molar-refractivity contribution in [3.05, 3.63) is 80.2 Å². The molecule has 1 fully saturated rings. The van der Waals surface area contributed by atoms with Crippen LogP contribution in [0.4, 0.5) is 0 Å². The fourth-order valence-corrected chi connectivity index (χ4v) is 4.85. The van der Waals surface area contributed by atoms with Crippen LogP contribution in [-0.2, 0) is 9.47 Å². The summed E-state index contributed by atoms with van der Waals surface area (Å²) in [5.74, 6) is -0.651. The molecule has 3 heterocycles. The van der Waals surface area contributed by atoms with Gasteiger partial charge in [-0.15, -0.1) is 0 Å². The topological polar surface area (TPSA) is 89.3 Å². The highest BCUT2D eigenvalue weighted by molar-refractivity contribution is 5.99. The third kappa shape index (κ3) is 4.13. The van der Waals surface area contributed by atoms with Crippen molar-refractivity contribution in [1.82, 2.24) is 9.80 Å². The Labute approximate surface area is 203 Å². The first-order chi connectivity index (χ1) is 16.9. The van der Waals surface area contributed by atoms with Gasteiger partial charge in [0.1, 0.15) is 5.58 Å². The molecule has 0 N–H and O–H groups in total. The minimum atomic E-state index is -0.604. The van der Waals surface area contributed by atoms with E-state index in [0.29, 0.717) is 48.4 Å². The molecule has 35 heavy (non-hydrogen) atoms. The molecule has 0 saturated carbocycles. The Morgan fingerprint density at radius 3 is 2.40 bits per heavy atom. The first kappa shape index (κ1) is 23.3. The molecule has 1 atom stereocenters. The number of morpholine rings is 1. The number of amides is 1. The lowest BCUT2D eigenvalue weighted by Crippen LogP contribution is -2.42. The van der Waals surface area contributed by atoms with E-state index in [-0.39, 0.29) is 17.1 Å². The number of hydrogen-bond donors (Lipinski definition) is 0. The predicted molar refractivity (Wildman–Crippen MR) is 130 cm³/mol. The molecule has 0 bridgehead atoms. The highest BCUT2D eigenvalue weighted by Gasteiger charge is 2.42. The number of carbonyl (C=O) groups excluding carboxylic acids is 2. The molecule has 8 heteroatoms. The lowest BCUT2D eigenvalue weighted by molar-refractivity contribution is 0.0314. The van der Waals surface area contributed by atoms with Crippen LogP contribution >= 0.6 is 0 Å². The number of fused-ring (bicyclic) bond motifs is 2. The third-order valence-electron chi connectivity index (χ3n) is 6.99. The fraction of sp³-hybridized carbons (Fsp3) is 0.370. The maximum atomic E-state index is 13.7. The van der Waals surface area contributed by atoms with Crippen LogP contribution in [0.15, 0.2) is 45.6 Å². The number of carbonyl (C=O) groups is 2. The van der Waals surface area contributed by atoms with Crippen molar-refractivity contribution in [2.75, 3.05) is 46.5 Å². The van der Waals surface area contributed by atoms with E-state index in [1.165, 1.54) is 7.11 Å². The van der Waals surface area contributed by atoms with Crippen molar-refractivity contribution in [1.29, 1.82) is 0 Å². The zero-order valence-electron chi connectivity index (χ0n) is 20.1. The number of benzene rings is 2. The maximum absolute atomic E-state index is 13.7. The van der Waals surface area contributed by atoms with E-state index in [4.69, 9.17) is 13.9 Å². The molecule has 3 aromatic rings. The van der Waals surface area contributed by atoms with Crippen LogP contribution in [0.5, 0.6) is 0 Å². The van der Waals surface area contributed by atoms with Crippen molar-refractivity contribution in [2.45, 2.75) is 19.9 Å². The number of esters is 1. The summed E-state index contributed by atoms with van der Waals surface area (Å²) in [4.78, 5) is 43.2. The number of aryl methyl sites for hydroxylation is 2. The summed E-state index contributed by atoms with van der Waals surface area (Å²) in [6.45, 7) is 7.91. The number of hydrogen-bond acceptors (Lipinski definition) is 7. The smallest absolute Gasteiger partial charge is 0.337 e. The summed E-state index contributed by atoms with van der Waals surface area (Å²) >= 11 is 0. The molecule has 1 saturated heterocycles. The van der Waals surface area contributed by atoms with Crippen molar-refractivity contribution >= 4 is 22.8 Å². The minimum absolute atomic E-state index is 0.0924. The zero-order chi connectivity index (χ0) is 24.7. The SMILES string of the molecule is COC(=O)c1ccc([C@@H]2c3c(oc4cc(C)c(C)cc4c3=O)C(=O)N2CCN2CCOCC2)cc1. The number of methoxy groups -OCH3 is 1. The van der Waals surface area contributed by atoms with Crippen molar-refractivity contribution in [2.24, 2.45) is 0 Å². The summed E-state index contributed by atoms with van der Waals surface area (Å²) in [5.41, 5.74) is 3.68. The largest absolute Gasteiger partial charge is 0.465 e. The second kappa shape index (κ2) is 9.28. The Kier molecular flexibility index (Phi) is 6.17. The van der Waals surface area contributed by atoms with Gasteiger partial charge in [0, 0.05) is 26.2 Å². The molecule has 2 aliphatic heterocycles. The molecule has 0 spiro atoms. The van der Waals surface area contributed by atoms with Crippen molar-refractivity contribution in [3.63, 3.8) is 0 Å². The van der Waals surface area contributed by atoms with Crippen molar-refractivity contribution in [3.8, 4) is 0 Å². The number of rotatable bonds is 5. The molecule has 2 aliphatic rings. The normalized spacial score (nSPS) is 18.2. The van der Waals surface area contributed by atoms with Gasteiger partial charge in [-0.2, -0.15) is 0 Å². The van der Waals surface area contributed by atoms with Crippen LogP contribution < -0.4 is 5.43 Å². The van der Waals surface area contributed by atoms with Crippen LogP contribution in [0.3, 0.4) is 0 Å². The monoisotopic (exact) mass is 476 g/mol. The Morgan fingerprint density at radius 1 is 1.03 bits per heavy atom. The second-order valence-electron chi connectivity index (χ2n) is 9.08. The van der Waals surface area contributed by atoms with Crippen LogP contribution in [0.2, 0.25) is 0 Å². The molecule has 0 aliphatic carbocycles. The Morgan fingerprint density at radius 2 is 1.71 bits per heavy atom. The quantitative estimate of drug-likeness (QED) is 0.523. The van der Waals surface area contributed by atoms with Gasteiger partial charge in [0.15, 0.2) is 5.43 Å². The van der Waals surface area contributed by atoms with Gasteiger partial charge in [-0.05, 0) is 54.8 Å². The Balaban J connectivity index is 1.60. The summed E-state index contributed by atoms with van der Waals surface area (Å²) in [5, 5.41) is 0.464. The zero-order valence-corrected chi connectivity index (χ0v) is 20.1. The van der Waals surface area contributed by atoms with Gasteiger partial charge in [-0.3, -0.25) is 14.5 Å². The molecule has 2 aromatic carbocycles. The van der Waals surface area contributed by atoms with E-state index < -0.39 is 12.0 Å². The molecule has 0 unspecified atom stereocenters. The average Bonchev–Trinajstić information content (AvgIpc) is 3.16. The number of nitrogens with zero attached hydrogens (tertiary/aromatic N) is 2. The van der Waals surface area contributed by atoms with Gasteiger partial charge >= 0.3 is 5.97 Å². The summed E-state index contributed by atoms with van der Waals surface area (Å²) in [6.07, 6.45) is 0. The van der Waals surface area contributed by atoms with E-state index >= 15 is 0 Å². The van der Waals surface area contributed by atoms with Gasteiger partial charge in [0.25, 0.3) is 5.91 Å². The van der Waals surface area contributed by atoms with E-state index in [1.54, 1.807) is 29.2 Å². The molecule has 8 nitrogen and oxygen atoms in total. The lowest BCUT2D eigenvalue weighted by atomic mass is 9.96. The van der Waals surface area contributed by atoms with E-state index in [9.17, 15) is 14.4 Å². The molecular weight excluding hydrogens is 448 g/mol. The highest BCUT2D eigenvalue weighted by atomic mass is 16.5. The van der Waals surface area contributed by atoms with E-state index in [1.807, 2.05) is 26.0 Å². The standard InChI is InChI=1S/C27H28N2O6/c1-16-14-20-21(15-17(16)2)35-25-22(24(20)30)23(18-4-6-19(7-5-18)27(32)33-3)29(26(25)31)9-8-28-10-12-34-13-11-28/h4-7,14-15,23H,8-13H2,1-3H3/t23-/m1/s1. The lowest BCUT2D eigenvalue weighted by Gasteiger charge is -2.31. The molecule has 0 radical (unpaired) electrons. The third-order valence-corrected chi connectivity index (χ3v) is 6.99. The number of ether oxygens (including phenoxy) is 2.